The van der Waals surface area contributed by atoms with Crippen molar-refractivity contribution in [3.63, 3.8) is 0 Å². The largest absolute Gasteiger partial charge is 0.317 e. The molecule has 12 heavy (non-hydrogen) atoms. The number of alkyl halides is 2. The summed E-state index contributed by atoms with van der Waals surface area (Å²) in [5.74, 6) is 0. The van der Waals surface area contributed by atoms with Crippen LogP contribution in [0.4, 0.5) is 8.78 Å². The molecule has 1 aromatic rings. The molecule has 0 aliphatic carbocycles. The first-order valence-corrected chi connectivity index (χ1v) is 3.96. The summed E-state index contributed by atoms with van der Waals surface area (Å²) in [4.78, 5) is 10.9. The molecule has 0 radical (unpaired) electrons. The number of nitrogens with zero attached hydrogens (tertiary/aromatic N) is 1. The van der Waals surface area contributed by atoms with Gasteiger partial charge in [-0.1, -0.05) is 0 Å². The summed E-state index contributed by atoms with van der Waals surface area (Å²) in [5, 5.41) is 0. The maximum Gasteiger partial charge on any atom is 0.265 e. The molecule has 0 aromatic carbocycles. The van der Waals surface area contributed by atoms with Gasteiger partial charge in [-0.2, -0.15) is 0 Å². The minimum absolute atomic E-state index is 0.250. The van der Waals surface area contributed by atoms with Crippen molar-refractivity contribution >= 4 is 15.9 Å². The quantitative estimate of drug-likeness (QED) is 0.734. The van der Waals surface area contributed by atoms with E-state index in [9.17, 15) is 13.6 Å². The zero-order chi connectivity index (χ0) is 9.30. The summed E-state index contributed by atoms with van der Waals surface area (Å²) in [6.45, 7) is 0. The van der Waals surface area contributed by atoms with Gasteiger partial charge in [0.25, 0.3) is 12.0 Å². The molecule has 0 bridgehead atoms. The zero-order valence-electron chi connectivity index (χ0n) is 6.22. The van der Waals surface area contributed by atoms with Gasteiger partial charge in [-0.25, -0.2) is 8.78 Å². The lowest BCUT2D eigenvalue weighted by atomic mass is 10.3. The Labute approximate surface area is 76.0 Å². The lowest BCUT2D eigenvalue weighted by molar-refractivity contribution is 0.150. The second-order valence-corrected chi connectivity index (χ2v) is 3.18. The molecule has 0 saturated carbocycles. The summed E-state index contributed by atoms with van der Waals surface area (Å²) in [6.07, 6.45) is -1.29. The molecule has 0 saturated heterocycles. The molecular formula is C7H6BrF2NO. The van der Waals surface area contributed by atoms with Crippen LogP contribution >= 0.6 is 15.9 Å². The van der Waals surface area contributed by atoms with E-state index in [1.807, 2.05) is 0 Å². The second-order valence-electron chi connectivity index (χ2n) is 2.33. The average Bonchev–Trinajstić information content (AvgIpc) is 1.96. The second kappa shape index (κ2) is 3.35. The van der Waals surface area contributed by atoms with Crippen LogP contribution in [0.15, 0.2) is 21.5 Å². The van der Waals surface area contributed by atoms with Gasteiger partial charge < -0.3 is 4.57 Å². The summed E-state index contributed by atoms with van der Waals surface area (Å²) >= 11 is 2.94. The van der Waals surface area contributed by atoms with Crippen molar-refractivity contribution < 1.29 is 8.78 Å². The van der Waals surface area contributed by atoms with Crippen molar-refractivity contribution in [3.8, 4) is 0 Å². The van der Waals surface area contributed by atoms with Crippen LogP contribution in [-0.4, -0.2) is 4.57 Å². The third-order valence-corrected chi connectivity index (χ3v) is 2.11. The van der Waals surface area contributed by atoms with Crippen LogP contribution in [0.1, 0.15) is 12.0 Å². The van der Waals surface area contributed by atoms with Crippen LogP contribution < -0.4 is 5.56 Å². The molecule has 1 aromatic heterocycles. The van der Waals surface area contributed by atoms with Crippen LogP contribution in [0, 0.1) is 0 Å². The maximum absolute atomic E-state index is 12.2. The minimum atomic E-state index is -2.62. The number of hydrogen-bond acceptors (Lipinski definition) is 1. The van der Waals surface area contributed by atoms with Crippen LogP contribution in [0.5, 0.6) is 0 Å². The van der Waals surface area contributed by atoms with E-state index in [-0.39, 0.29) is 10.0 Å². The number of aromatic nitrogens is 1. The molecular weight excluding hydrogens is 232 g/mol. The molecule has 0 aliphatic rings. The molecule has 1 heterocycles. The number of rotatable bonds is 1. The molecule has 0 unspecified atom stereocenters. The van der Waals surface area contributed by atoms with E-state index in [0.29, 0.717) is 0 Å². The Kier molecular flexibility index (Phi) is 2.62. The first kappa shape index (κ1) is 9.38. The van der Waals surface area contributed by atoms with Gasteiger partial charge in [0.15, 0.2) is 0 Å². The Bertz CT molecular complexity index is 348. The summed E-state index contributed by atoms with van der Waals surface area (Å²) in [6, 6.07) is 0.925. The third-order valence-electron chi connectivity index (χ3n) is 1.44. The van der Waals surface area contributed by atoms with Gasteiger partial charge in [0.1, 0.15) is 0 Å². The normalized spacial score (nSPS) is 10.8. The third kappa shape index (κ3) is 1.72. The Morgan fingerprint density at radius 1 is 1.58 bits per heavy atom. The molecule has 1 rings (SSSR count). The molecule has 0 N–H and O–H groups in total. The van der Waals surface area contributed by atoms with Crippen molar-refractivity contribution in [2.45, 2.75) is 6.43 Å². The fraction of sp³-hybridized carbons (Fsp3) is 0.286. The predicted molar refractivity (Wildman–Crippen MR) is 44.3 cm³/mol. The average molecular weight is 238 g/mol. The fourth-order valence-electron chi connectivity index (χ4n) is 0.779. The van der Waals surface area contributed by atoms with Crippen molar-refractivity contribution in [3.05, 3.63) is 32.7 Å². The summed E-state index contributed by atoms with van der Waals surface area (Å²) in [7, 11) is 1.50. The molecule has 0 amide bonds. The van der Waals surface area contributed by atoms with E-state index in [2.05, 4.69) is 15.9 Å². The zero-order valence-corrected chi connectivity index (χ0v) is 7.81. The highest BCUT2D eigenvalue weighted by Gasteiger charge is 2.12. The van der Waals surface area contributed by atoms with E-state index in [4.69, 9.17) is 0 Å². The molecule has 66 valence electrons. The highest BCUT2D eigenvalue weighted by atomic mass is 79.9. The van der Waals surface area contributed by atoms with Gasteiger partial charge in [0.05, 0.1) is 0 Å². The maximum atomic E-state index is 12.2. The smallest absolute Gasteiger partial charge is 0.265 e. The van der Waals surface area contributed by atoms with E-state index in [1.54, 1.807) is 0 Å². The topological polar surface area (TPSA) is 22.0 Å². The minimum Gasteiger partial charge on any atom is -0.317 e. The van der Waals surface area contributed by atoms with Gasteiger partial charge >= 0.3 is 0 Å². The lowest BCUT2D eigenvalue weighted by Gasteiger charge is -2.03. The Hall–Kier alpha value is -0.710. The number of hydrogen-bond donors (Lipinski definition) is 0. The van der Waals surface area contributed by atoms with Crippen LogP contribution in [-0.2, 0) is 7.05 Å². The van der Waals surface area contributed by atoms with Gasteiger partial charge in [-0.15, -0.1) is 0 Å². The number of pyridine rings is 1. The molecule has 0 spiro atoms. The predicted octanol–water partition coefficient (Wildman–Crippen LogP) is 2.09. The van der Waals surface area contributed by atoms with Crippen molar-refractivity contribution in [1.82, 2.24) is 4.57 Å². The first-order valence-electron chi connectivity index (χ1n) is 3.16. The van der Waals surface area contributed by atoms with Crippen LogP contribution in [0.25, 0.3) is 0 Å². The molecule has 0 aliphatic heterocycles. The number of aryl methyl sites for hydroxylation is 1. The highest BCUT2D eigenvalue weighted by Crippen LogP contribution is 2.24. The molecule has 2 nitrogen and oxygen atoms in total. The molecule has 0 atom stereocenters. The van der Waals surface area contributed by atoms with Crippen LogP contribution in [0.2, 0.25) is 0 Å². The number of halogens is 3. The van der Waals surface area contributed by atoms with Crippen LogP contribution in [0.3, 0.4) is 0 Å². The Morgan fingerprint density at radius 2 is 2.17 bits per heavy atom. The lowest BCUT2D eigenvalue weighted by Crippen LogP contribution is -2.16. The van der Waals surface area contributed by atoms with Crippen molar-refractivity contribution in [1.29, 1.82) is 0 Å². The molecule has 0 fully saturated rings. The van der Waals surface area contributed by atoms with E-state index in [0.717, 1.165) is 6.07 Å². The van der Waals surface area contributed by atoms with Gasteiger partial charge in [0, 0.05) is 29.3 Å². The van der Waals surface area contributed by atoms with Crippen molar-refractivity contribution in [2.24, 2.45) is 7.05 Å². The fourth-order valence-corrected chi connectivity index (χ4v) is 1.37. The first-order chi connectivity index (χ1) is 5.52. The van der Waals surface area contributed by atoms with Gasteiger partial charge in [0.2, 0.25) is 0 Å². The monoisotopic (exact) mass is 237 g/mol. The SMILES string of the molecule is Cn1cc(Br)c(C(F)F)cc1=O. The standard InChI is InChI=1S/C7H6BrF2NO/c1-11-3-5(8)4(7(9)10)2-6(11)12/h2-3,7H,1H3. The Morgan fingerprint density at radius 3 is 2.67 bits per heavy atom. The van der Waals surface area contributed by atoms with E-state index < -0.39 is 12.0 Å². The van der Waals surface area contributed by atoms with E-state index >= 15 is 0 Å². The van der Waals surface area contributed by atoms with Gasteiger partial charge in [-0.05, 0) is 15.9 Å². The van der Waals surface area contributed by atoms with Gasteiger partial charge in [-0.3, -0.25) is 4.79 Å². The Balaban J connectivity index is 3.33. The highest BCUT2D eigenvalue weighted by molar-refractivity contribution is 9.10. The molecule has 5 heteroatoms. The summed E-state index contributed by atoms with van der Waals surface area (Å²) in [5.41, 5.74) is -0.702. The van der Waals surface area contributed by atoms with Crippen molar-refractivity contribution in [2.75, 3.05) is 0 Å². The summed E-state index contributed by atoms with van der Waals surface area (Å²) < 4.78 is 25.8. The van der Waals surface area contributed by atoms with E-state index in [1.165, 1.54) is 17.8 Å².